The second kappa shape index (κ2) is 12.5. The number of nitrogens with zero attached hydrogens (tertiary/aromatic N) is 2. The highest BCUT2D eigenvalue weighted by atomic mass is 32.1. The minimum atomic E-state index is 0.709. The average Bonchev–Trinajstić information content (AvgIpc) is 3.57. The first-order chi connectivity index (χ1) is 24.2. The van der Waals surface area contributed by atoms with Crippen LogP contribution in [0.3, 0.4) is 0 Å². The summed E-state index contributed by atoms with van der Waals surface area (Å²) in [6, 6.07) is 64.6. The molecule has 3 heteroatoms. The second-order valence-corrected chi connectivity index (χ2v) is 13.3. The lowest BCUT2D eigenvalue weighted by atomic mass is 9.92. The van der Waals surface area contributed by atoms with Crippen LogP contribution in [0.1, 0.15) is 0 Å². The minimum Gasteiger partial charge on any atom is -0.228 e. The van der Waals surface area contributed by atoms with E-state index in [1.807, 2.05) is 35.6 Å². The van der Waals surface area contributed by atoms with Crippen molar-refractivity contribution in [2.45, 2.75) is 0 Å². The van der Waals surface area contributed by atoms with Gasteiger partial charge in [-0.2, -0.15) is 0 Å². The Bertz CT molecular complexity index is 2530. The van der Waals surface area contributed by atoms with Crippen molar-refractivity contribution >= 4 is 31.5 Å². The van der Waals surface area contributed by atoms with Crippen LogP contribution in [0.5, 0.6) is 0 Å². The normalized spacial score (nSPS) is 11.3. The first-order valence-corrected chi connectivity index (χ1v) is 17.3. The summed E-state index contributed by atoms with van der Waals surface area (Å²) in [6.45, 7) is 0. The smallest absolute Gasteiger partial charge is 0.160 e. The third-order valence-electron chi connectivity index (χ3n) is 9.07. The van der Waals surface area contributed by atoms with Gasteiger partial charge in [-0.1, -0.05) is 133 Å². The molecule has 49 heavy (non-hydrogen) atoms. The highest BCUT2D eigenvalue weighted by molar-refractivity contribution is 7.25. The van der Waals surface area contributed by atoms with Crippen molar-refractivity contribution in [1.29, 1.82) is 0 Å². The zero-order valence-corrected chi connectivity index (χ0v) is 27.4. The van der Waals surface area contributed by atoms with Crippen LogP contribution in [0.25, 0.3) is 87.5 Å². The Labute approximate surface area is 289 Å². The lowest BCUT2D eigenvalue weighted by Gasteiger charge is -2.14. The van der Waals surface area contributed by atoms with E-state index in [9.17, 15) is 0 Å². The summed E-state index contributed by atoms with van der Waals surface area (Å²) in [7, 11) is 0. The van der Waals surface area contributed by atoms with Gasteiger partial charge in [0.1, 0.15) is 0 Å². The van der Waals surface area contributed by atoms with E-state index in [4.69, 9.17) is 9.97 Å². The predicted molar refractivity (Wildman–Crippen MR) is 208 cm³/mol. The van der Waals surface area contributed by atoms with E-state index in [-0.39, 0.29) is 0 Å². The molecule has 0 bridgehead atoms. The van der Waals surface area contributed by atoms with Gasteiger partial charge >= 0.3 is 0 Å². The lowest BCUT2D eigenvalue weighted by molar-refractivity contribution is 1.18. The van der Waals surface area contributed by atoms with Crippen molar-refractivity contribution in [2.75, 3.05) is 0 Å². The third kappa shape index (κ3) is 5.71. The van der Waals surface area contributed by atoms with Gasteiger partial charge in [0, 0.05) is 36.9 Å². The van der Waals surface area contributed by atoms with Gasteiger partial charge < -0.3 is 0 Å². The van der Waals surface area contributed by atoms with E-state index in [2.05, 4.69) is 158 Å². The SMILES string of the molecule is c1ccc(-c2cccc(-c3cc(-c4ccc5sc6ccccc6c5c4)cc(-c4cc(-c5ccccc5)nc(-c5ccccc5)n4)c3)c2)cc1. The van der Waals surface area contributed by atoms with E-state index in [1.165, 1.54) is 36.9 Å². The Morgan fingerprint density at radius 2 is 0.776 bits per heavy atom. The molecule has 0 aliphatic heterocycles. The maximum Gasteiger partial charge on any atom is 0.160 e. The molecule has 230 valence electrons. The zero-order valence-electron chi connectivity index (χ0n) is 26.6. The van der Waals surface area contributed by atoms with Gasteiger partial charge in [-0.25, -0.2) is 9.97 Å². The van der Waals surface area contributed by atoms with E-state index in [1.54, 1.807) is 0 Å². The first kappa shape index (κ1) is 29.0. The maximum atomic E-state index is 5.21. The van der Waals surface area contributed by atoms with Gasteiger partial charge in [0.25, 0.3) is 0 Å². The topological polar surface area (TPSA) is 25.8 Å². The fourth-order valence-corrected chi connectivity index (χ4v) is 7.68. The number of thiophene rings is 1. The predicted octanol–water partition coefficient (Wildman–Crippen LogP) is 12.8. The Kier molecular flexibility index (Phi) is 7.38. The molecule has 0 spiro atoms. The molecular formula is C46H30N2S. The van der Waals surface area contributed by atoms with Gasteiger partial charge in [0.2, 0.25) is 0 Å². The quantitative estimate of drug-likeness (QED) is 0.180. The van der Waals surface area contributed by atoms with Crippen LogP contribution in [0, 0.1) is 0 Å². The van der Waals surface area contributed by atoms with Crippen LogP contribution in [-0.2, 0) is 0 Å². The summed E-state index contributed by atoms with van der Waals surface area (Å²) < 4.78 is 2.61. The van der Waals surface area contributed by atoms with Crippen molar-refractivity contribution in [3.63, 3.8) is 0 Å². The Balaban J connectivity index is 1.27. The summed E-state index contributed by atoms with van der Waals surface area (Å²) in [6.07, 6.45) is 0. The van der Waals surface area contributed by atoms with Crippen LogP contribution in [0.2, 0.25) is 0 Å². The molecule has 0 atom stereocenters. The third-order valence-corrected chi connectivity index (χ3v) is 10.2. The number of fused-ring (bicyclic) bond motifs is 3. The van der Waals surface area contributed by atoms with Gasteiger partial charge in [-0.15, -0.1) is 11.3 Å². The van der Waals surface area contributed by atoms with Crippen molar-refractivity contribution in [2.24, 2.45) is 0 Å². The second-order valence-electron chi connectivity index (χ2n) is 12.2. The Morgan fingerprint density at radius 3 is 1.49 bits per heavy atom. The fourth-order valence-electron chi connectivity index (χ4n) is 6.59. The number of aromatic nitrogens is 2. The summed E-state index contributed by atoms with van der Waals surface area (Å²) in [5, 5.41) is 2.59. The van der Waals surface area contributed by atoms with Gasteiger partial charge in [0.05, 0.1) is 11.4 Å². The van der Waals surface area contributed by atoms with E-state index in [0.29, 0.717) is 5.82 Å². The van der Waals surface area contributed by atoms with Gasteiger partial charge in [-0.05, 0) is 81.9 Å². The van der Waals surface area contributed by atoms with Gasteiger partial charge in [0.15, 0.2) is 5.82 Å². The van der Waals surface area contributed by atoms with Crippen molar-refractivity contribution in [3.05, 3.63) is 182 Å². The largest absolute Gasteiger partial charge is 0.228 e. The molecule has 0 amide bonds. The van der Waals surface area contributed by atoms with Crippen LogP contribution >= 0.6 is 11.3 Å². The first-order valence-electron chi connectivity index (χ1n) is 16.5. The standard InChI is InChI=1S/C46H30N2S/c1-4-13-31(14-5-1)34-19-12-20-35(25-34)37-26-38(36-23-24-45-41(29-36)40-21-10-11-22-44(40)49-45)28-39(27-37)43-30-42(32-15-6-2-7-16-32)47-46(48-43)33-17-8-3-9-18-33/h1-30H. The molecule has 7 aromatic carbocycles. The molecule has 0 fully saturated rings. The molecule has 0 N–H and O–H groups in total. The molecule has 0 aliphatic rings. The van der Waals surface area contributed by atoms with Crippen molar-refractivity contribution in [1.82, 2.24) is 9.97 Å². The molecule has 9 rings (SSSR count). The van der Waals surface area contributed by atoms with E-state index in [0.717, 1.165) is 44.8 Å². The monoisotopic (exact) mass is 642 g/mol. The van der Waals surface area contributed by atoms with Crippen molar-refractivity contribution < 1.29 is 0 Å². The fraction of sp³-hybridized carbons (Fsp3) is 0. The molecule has 9 aromatic rings. The van der Waals surface area contributed by atoms with Crippen LogP contribution in [0.4, 0.5) is 0 Å². The maximum absolute atomic E-state index is 5.21. The van der Waals surface area contributed by atoms with Crippen LogP contribution in [-0.4, -0.2) is 9.97 Å². The highest BCUT2D eigenvalue weighted by Gasteiger charge is 2.15. The summed E-state index contributed by atoms with van der Waals surface area (Å²) in [5.74, 6) is 0.709. The molecule has 0 aliphatic carbocycles. The van der Waals surface area contributed by atoms with E-state index >= 15 is 0 Å². The van der Waals surface area contributed by atoms with Crippen LogP contribution in [0.15, 0.2) is 182 Å². The molecule has 0 unspecified atom stereocenters. The molecule has 0 saturated heterocycles. The molecule has 2 aromatic heterocycles. The van der Waals surface area contributed by atoms with Crippen LogP contribution < -0.4 is 0 Å². The molecule has 0 saturated carbocycles. The highest BCUT2D eigenvalue weighted by Crippen LogP contribution is 2.39. The number of benzene rings is 7. The Hall–Kier alpha value is -6.16. The molecular weight excluding hydrogens is 613 g/mol. The van der Waals surface area contributed by atoms with Crippen molar-refractivity contribution in [3.8, 4) is 67.3 Å². The summed E-state index contributed by atoms with van der Waals surface area (Å²) in [4.78, 5) is 10.3. The zero-order chi connectivity index (χ0) is 32.6. The Morgan fingerprint density at radius 1 is 0.286 bits per heavy atom. The average molecular weight is 643 g/mol. The minimum absolute atomic E-state index is 0.709. The number of hydrogen-bond donors (Lipinski definition) is 0. The lowest BCUT2D eigenvalue weighted by Crippen LogP contribution is -1.96. The molecule has 0 radical (unpaired) electrons. The number of rotatable bonds is 6. The van der Waals surface area contributed by atoms with Gasteiger partial charge in [-0.3, -0.25) is 0 Å². The molecule has 2 nitrogen and oxygen atoms in total. The number of hydrogen-bond acceptors (Lipinski definition) is 3. The summed E-state index contributed by atoms with van der Waals surface area (Å²) in [5.41, 5.74) is 11.9. The van der Waals surface area contributed by atoms with E-state index < -0.39 is 0 Å². The summed E-state index contributed by atoms with van der Waals surface area (Å²) >= 11 is 1.85. The molecule has 2 heterocycles.